The predicted octanol–water partition coefficient (Wildman–Crippen LogP) is 2.31. The van der Waals surface area contributed by atoms with E-state index in [0.29, 0.717) is 0 Å². The molecule has 0 aromatic carbocycles. The van der Waals surface area contributed by atoms with E-state index in [4.69, 9.17) is 10.5 Å². The number of thiophene rings is 1. The van der Waals surface area contributed by atoms with Crippen LogP contribution in [-0.2, 0) is 17.6 Å². The van der Waals surface area contributed by atoms with Gasteiger partial charge in [0.25, 0.3) is 0 Å². The fourth-order valence-electron chi connectivity index (χ4n) is 1.84. The Bertz CT molecular complexity index is 321. The van der Waals surface area contributed by atoms with Gasteiger partial charge in [0.1, 0.15) is 0 Å². The van der Waals surface area contributed by atoms with Gasteiger partial charge >= 0.3 is 0 Å². The van der Waals surface area contributed by atoms with E-state index < -0.39 is 0 Å². The van der Waals surface area contributed by atoms with Crippen LogP contribution in [0.2, 0.25) is 0 Å². The number of aryl methyl sites for hydroxylation is 1. The van der Waals surface area contributed by atoms with Crippen molar-refractivity contribution in [1.82, 2.24) is 0 Å². The summed E-state index contributed by atoms with van der Waals surface area (Å²) >= 11 is 3.83. The number of hydrogen-bond donors (Lipinski definition) is 1. The summed E-state index contributed by atoms with van der Waals surface area (Å²) in [5.74, 6) is 2.16. The molecule has 1 saturated heterocycles. The van der Waals surface area contributed by atoms with Crippen molar-refractivity contribution in [1.29, 1.82) is 0 Å². The van der Waals surface area contributed by atoms with Crippen LogP contribution < -0.4 is 5.73 Å². The van der Waals surface area contributed by atoms with Gasteiger partial charge in [0.2, 0.25) is 0 Å². The first-order valence-electron chi connectivity index (χ1n) is 5.82. The van der Waals surface area contributed by atoms with Crippen molar-refractivity contribution >= 4 is 23.1 Å². The zero-order valence-electron chi connectivity index (χ0n) is 9.65. The zero-order chi connectivity index (χ0) is 11.4. The lowest BCUT2D eigenvalue weighted by molar-refractivity contribution is 0.0573. The molecule has 16 heavy (non-hydrogen) atoms. The van der Waals surface area contributed by atoms with Crippen molar-refractivity contribution in [3.05, 3.63) is 21.9 Å². The minimum absolute atomic E-state index is 0.149. The number of thioether (sulfide) groups is 1. The predicted molar refractivity (Wildman–Crippen MR) is 72.4 cm³/mol. The summed E-state index contributed by atoms with van der Waals surface area (Å²) in [5, 5.41) is 0. The van der Waals surface area contributed by atoms with Crippen LogP contribution in [0.3, 0.4) is 0 Å². The average molecular weight is 257 g/mol. The number of hydrogen-bond acceptors (Lipinski definition) is 4. The standard InChI is InChI=1S/C12H19NOS2/c1-2-9-3-4-10(16-9)7-11(13)12-8-15-6-5-14-12/h3-4,11-12H,2,5-8,13H2,1H3. The summed E-state index contributed by atoms with van der Waals surface area (Å²) in [6, 6.07) is 4.57. The van der Waals surface area contributed by atoms with E-state index >= 15 is 0 Å². The lowest BCUT2D eigenvalue weighted by Crippen LogP contribution is -2.42. The molecule has 1 aromatic heterocycles. The summed E-state index contributed by atoms with van der Waals surface area (Å²) in [6.07, 6.45) is 2.32. The van der Waals surface area contributed by atoms with E-state index in [-0.39, 0.29) is 12.1 Å². The highest BCUT2D eigenvalue weighted by molar-refractivity contribution is 7.99. The van der Waals surface area contributed by atoms with E-state index in [0.717, 1.165) is 31.0 Å². The fraction of sp³-hybridized carbons (Fsp3) is 0.667. The summed E-state index contributed by atoms with van der Waals surface area (Å²) in [5.41, 5.74) is 6.20. The summed E-state index contributed by atoms with van der Waals surface area (Å²) in [7, 11) is 0. The molecule has 2 nitrogen and oxygen atoms in total. The zero-order valence-corrected chi connectivity index (χ0v) is 11.3. The Hall–Kier alpha value is -0.0300. The minimum atomic E-state index is 0.149. The molecule has 2 heterocycles. The minimum Gasteiger partial charge on any atom is -0.375 e. The highest BCUT2D eigenvalue weighted by Crippen LogP contribution is 2.21. The van der Waals surface area contributed by atoms with Gasteiger partial charge in [-0.3, -0.25) is 0 Å². The van der Waals surface area contributed by atoms with Gasteiger partial charge in [-0.25, -0.2) is 0 Å². The highest BCUT2D eigenvalue weighted by atomic mass is 32.2. The Morgan fingerprint density at radius 2 is 2.31 bits per heavy atom. The second-order valence-corrected chi connectivity index (χ2v) is 6.48. The third kappa shape index (κ3) is 3.23. The van der Waals surface area contributed by atoms with Gasteiger partial charge in [0, 0.05) is 27.3 Å². The van der Waals surface area contributed by atoms with Crippen molar-refractivity contribution in [2.24, 2.45) is 5.73 Å². The van der Waals surface area contributed by atoms with E-state index in [1.165, 1.54) is 9.75 Å². The molecule has 1 aliphatic rings. The molecule has 2 N–H and O–H groups in total. The molecule has 90 valence electrons. The second-order valence-electron chi connectivity index (χ2n) is 4.07. The van der Waals surface area contributed by atoms with Gasteiger partial charge in [-0.2, -0.15) is 11.8 Å². The molecule has 2 rings (SSSR count). The Balaban J connectivity index is 1.87. The molecule has 0 amide bonds. The molecule has 2 atom stereocenters. The van der Waals surface area contributed by atoms with Crippen LogP contribution in [0.4, 0.5) is 0 Å². The molecule has 2 unspecified atom stereocenters. The largest absolute Gasteiger partial charge is 0.375 e. The van der Waals surface area contributed by atoms with Crippen LogP contribution in [0.5, 0.6) is 0 Å². The number of nitrogens with two attached hydrogens (primary N) is 1. The van der Waals surface area contributed by atoms with Gasteiger partial charge in [0.05, 0.1) is 12.7 Å². The summed E-state index contributed by atoms with van der Waals surface area (Å²) < 4.78 is 5.70. The Kier molecular flexibility index (Phi) is 4.70. The third-order valence-electron chi connectivity index (χ3n) is 2.82. The Morgan fingerprint density at radius 3 is 2.94 bits per heavy atom. The van der Waals surface area contributed by atoms with Crippen molar-refractivity contribution in [2.75, 3.05) is 18.1 Å². The monoisotopic (exact) mass is 257 g/mol. The van der Waals surface area contributed by atoms with Crippen molar-refractivity contribution in [3.8, 4) is 0 Å². The third-order valence-corrected chi connectivity index (χ3v) is 5.09. The fourth-order valence-corrected chi connectivity index (χ4v) is 3.82. The maximum absolute atomic E-state index is 6.20. The molecular weight excluding hydrogens is 238 g/mol. The molecule has 1 aromatic rings. The van der Waals surface area contributed by atoms with Gasteiger partial charge < -0.3 is 10.5 Å². The maximum Gasteiger partial charge on any atom is 0.0820 e. The summed E-state index contributed by atoms with van der Waals surface area (Å²) in [4.78, 5) is 2.84. The van der Waals surface area contributed by atoms with E-state index in [9.17, 15) is 0 Å². The van der Waals surface area contributed by atoms with Crippen molar-refractivity contribution < 1.29 is 4.74 Å². The number of rotatable bonds is 4. The molecule has 0 saturated carbocycles. The first-order chi connectivity index (χ1) is 7.79. The molecule has 1 fully saturated rings. The molecule has 4 heteroatoms. The molecule has 0 spiro atoms. The van der Waals surface area contributed by atoms with Crippen molar-refractivity contribution in [3.63, 3.8) is 0 Å². The van der Waals surface area contributed by atoms with E-state index in [1.807, 2.05) is 23.1 Å². The molecule has 0 bridgehead atoms. The van der Waals surface area contributed by atoms with Crippen LogP contribution >= 0.6 is 23.1 Å². The highest BCUT2D eigenvalue weighted by Gasteiger charge is 2.22. The van der Waals surface area contributed by atoms with Crippen molar-refractivity contribution in [2.45, 2.75) is 31.9 Å². The van der Waals surface area contributed by atoms with Crippen LogP contribution in [0.1, 0.15) is 16.7 Å². The van der Waals surface area contributed by atoms with Gasteiger partial charge in [0.15, 0.2) is 0 Å². The van der Waals surface area contributed by atoms with Gasteiger partial charge in [-0.15, -0.1) is 11.3 Å². The van der Waals surface area contributed by atoms with Crippen LogP contribution in [0.25, 0.3) is 0 Å². The van der Waals surface area contributed by atoms with E-state index in [2.05, 4.69) is 19.1 Å². The number of ether oxygens (including phenoxy) is 1. The summed E-state index contributed by atoms with van der Waals surface area (Å²) in [6.45, 7) is 3.05. The van der Waals surface area contributed by atoms with Crippen LogP contribution in [0, 0.1) is 0 Å². The normalized spacial score (nSPS) is 23.2. The maximum atomic E-state index is 6.20. The smallest absolute Gasteiger partial charge is 0.0820 e. The first kappa shape index (κ1) is 12.4. The topological polar surface area (TPSA) is 35.2 Å². The SMILES string of the molecule is CCc1ccc(CC(N)C2CSCCO2)s1. The Morgan fingerprint density at radius 1 is 1.50 bits per heavy atom. The Labute approximate surface area is 106 Å². The lowest BCUT2D eigenvalue weighted by atomic mass is 10.1. The average Bonchev–Trinajstić information content (AvgIpc) is 2.78. The molecule has 0 aliphatic carbocycles. The molecule has 1 aliphatic heterocycles. The van der Waals surface area contributed by atoms with Crippen LogP contribution in [0.15, 0.2) is 12.1 Å². The second kappa shape index (κ2) is 6.05. The molecular formula is C12H19NOS2. The lowest BCUT2D eigenvalue weighted by Gasteiger charge is -2.27. The quantitative estimate of drug-likeness (QED) is 0.899. The first-order valence-corrected chi connectivity index (χ1v) is 7.79. The van der Waals surface area contributed by atoms with Gasteiger partial charge in [-0.1, -0.05) is 6.92 Å². The van der Waals surface area contributed by atoms with E-state index in [1.54, 1.807) is 0 Å². The molecule has 0 radical (unpaired) electrons. The van der Waals surface area contributed by atoms with Crippen LogP contribution in [-0.4, -0.2) is 30.3 Å². The van der Waals surface area contributed by atoms with Gasteiger partial charge in [-0.05, 0) is 25.0 Å².